The van der Waals surface area contributed by atoms with E-state index < -0.39 is 12.1 Å². The number of esters is 1. The first-order chi connectivity index (χ1) is 8.69. The number of carbonyl (C=O) groups is 2. The minimum atomic E-state index is -0.575. The third-order valence-electron chi connectivity index (χ3n) is 2.10. The number of nitrogens with one attached hydrogen (secondary N) is 1. The van der Waals surface area contributed by atoms with Gasteiger partial charge in [0.15, 0.2) is 0 Å². The summed E-state index contributed by atoms with van der Waals surface area (Å²) in [4.78, 5) is 23.1. The van der Waals surface area contributed by atoms with Gasteiger partial charge in [-0.3, -0.25) is 5.32 Å². The molecule has 0 atom stereocenters. The van der Waals surface area contributed by atoms with Gasteiger partial charge in [-0.15, -0.1) is 0 Å². The molecule has 0 bridgehead atoms. The third-order valence-corrected chi connectivity index (χ3v) is 2.10. The molecule has 0 aliphatic heterocycles. The summed E-state index contributed by atoms with van der Waals surface area (Å²) in [5, 5.41) is 2.52. The number of hydrogen-bond donors (Lipinski definition) is 1. The zero-order valence-electron chi connectivity index (χ0n) is 10.6. The van der Waals surface area contributed by atoms with Gasteiger partial charge in [0.25, 0.3) is 0 Å². The monoisotopic (exact) mass is 251 g/mol. The van der Waals surface area contributed by atoms with Crippen LogP contribution in [0.25, 0.3) is 0 Å². The van der Waals surface area contributed by atoms with E-state index in [0.717, 1.165) is 6.42 Å². The maximum absolute atomic E-state index is 11.6. The smallest absolute Gasteiger partial charge is 0.411 e. The Kier molecular flexibility index (Phi) is 5.70. The molecule has 0 saturated carbocycles. The molecule has 1 N–H and O–H groups in total. The van der Waals surface area contributed by atoms with Gasteiger partial charge in [0, 0.05) is 0 Å². The quantitative estimate of drug-likeness (QED) is 0.817. The van der Waals surface area contributed by atoms with Gasteiger partial charge in [-0.2, -0.15) is 0 Å². The molecule has 0 aliphatic rings. The summed E-state index contributed by atoms with van der Waals surface area (Å²) in [6, 6.07) is 6.64. The zero-order valence-corrected chi connectivity index (χ0v) is 10.6. The van der Waals surface area contributed by atoms with E-state index >= 15 is 0 Å². The Hall–Kier alpha value is -2.04. The second-order valence-corrected chi connectivity index (χ2v) is 3.53. The normalized spacial score (nSPS) is 9.67. The summed E-state index contributed by atoms with van der Waals surface area (Å²) in [6.45, 7) is 4.25. The second kappa shape index (κ2) is 7.32. The molecule has 1 aromatic carbocycles. The highest BCUT2D eigenvalue weighted by molar-refractivity contribution is 5.99. The molecular formula is C13H17NO4. The van der Waals surface area contributed by atoms with Crippen molar-refractivity contribution in [3.63, 3.8) is 0 Å². The molecule has 18 heavy (non-hydrogen) atoms. The van der Waals surface area contributed by atoms with Crippen LogP contribution in [0, 0.1) is 0 Å². The molecule has 1 amide bonds. The van der Waals surface area contributed by atoms with Crippen molar-refractivity contribution in [2.75, 3.05) is 18.5 Å². The molecule has 0 saturated heterocycles. The number of rotatable bonds is 5. The van der Waals surface area contributed by atoms with Crippen molar-refractivity contribution in [1.82, 2.24) is 0 Å². The summed E-state index contributed by atoms with van der Waals surface area (Å²) >= 11 is 0. The highest BCUT2D eigenvalue weighted by atomic mass is 16.5. The fourth-order valence-corrected chi connectivity index (χ4v) is 1.32. The average Bonchev–Trinajstić information content (AvgIpc) is 2.37. The first kappa shape index (κ1) is 14.0. The number of hydrogen-bond acceptors (Lipinski definition) is 4. The first-order valence-electron chi connectivity index (χ1n) is 5.89. The number of benzene rings is 1. The van der Waals surface area contributed by atoms with Crippen molar-refractivity contribution in [3.8, 4) is 0 Å². The molecule has 0 spiro atoms. The molecule has 1 rings (SSSR count). The van der Waals surface area contributed by atoms with Gasteiger partial charge in [-0.25, -0.2) is 9.59 Å². The second-order valence-electron chi connectivity index (χ2n) is 3.53. The molecule has 0 aliphatic carbocycles. The van der Waals surface area contributed by atoms with Crippen LogP contribution in [0.5, 0.6) is 0 Å². The maximum Gasteiger partial charge on any atom is 0.411 e. The van der Waals surface area contributed by atoms with E-state index in [4.69, 9.17) is 9.47 Å². The Labute approximate surface area is 106 Å². The Balaban J connectivity index is 2.76. The lowest BCUT2D eigenvalue weighted by Crippen LogP contribution is -2.17. The van der Waals surface area contributed by atoms with Crippen LogP contribution in [0.1, 0.15) is 30.6 Å². The number of anilines is 1. The highest BCUT2D eigenvalue weighted by Gasteiger charge is 2.13. The predicted molar refractivity (Wildman–Crippen MR) is 67.7 cm³/mol. The van der Waals surface area contributed by atoms with Crippen LogP contribution in [0.2, 0.25) is 0 Å². The van der Waals surface area contributed by atoms with Gasteiger partial charge in [0.05, 0.1) is 24.5 Å². The van der Waals surface area contributed by atoms with Crippen molar-refractivity contribution >= 4 is 17.7 Å². The molecule has 0 radical (unpaired) electrons. The Bertz CT molecular complexity index is 417. The van der Waals surface area contributed by atoms with E-state index in [2.05, 4.69) is 5.32 Å². The van der Waals surface area contributed by atoms with Crippen LogP contribution < -0.4 is 5.32 Å². The number of carbonyl (C=O) groups excluding carboxylic acids is 2. The lowest BCUT2D eigenvalue weighted by atomic mass is 10.2. The molecule has 98 valence electrons. The topological polar surface area (TPSA) is 64.6 Å². The van der Waals surface area contributed by atoms with Crippen molar-refractivity contribution in [1.29, 1.82) is 0 Å². The molecule has 0 unspecified atom stereocenters. The van der Waals surface area contributed by atoms with E-state index in [1.807, 2.05) is 6.92 Å². The van der Waals surface area contributed by atoms with Gasteiger partial charge in [0.2, 0.25) is 0 Å². The van der Waals surface area contributed by atoms with Crippen LogP contribution >= 0.6 is 0 Å². The largest absolute Gasteiger partial charge is 0.462 e. The summed E-state index contributed by atoms with van der Waals surface area (Å²) in [5.74, 6) is -0.469. The molecular weight excluding hydrogens is 234 g/mol. The molecule has 0 heterocycles. The van der Waals surface area contributed by atoms with Crippen LogP contribution in [0.15, 0.2) is 24.3 Å². The van der Waals surface area contributed by atoms with Crippen LogP contribution in [0.3, 0.4) is 0 Å². The summed E-state index contributed by atoms with van der Waals surface area (Å²) < 4.78 is 9.79. The summed E-state index contributed by atoms with van der Waals surface area (Å²) in [6.07, 6.45) is 0.168. The van der Waals surface area contributed by atoms with Crippen molar-refractivity contribution in [2.45, 2.75) is 20.3 Å². The highest BCUT2D eigenvalue weighted by Crippen LogP contribution is 2.16. The van der Waals surface area contributed by atoms with Gasteiger partial charge in [-0.05, 0) is 25.5 Å². The summed E-state index contributed by atoms with van der Waals surface area (Å²) in [5.41, 5.74) is 0.699. The Morgan fingerprint density at radius 2 is 1.89 bits per heavy atom. The number of amides is 1. The zero-order chi connectivity index (χ0) is 13.4. The van der Waals surface area contributed by atoms with Gasteiger partial charge in [-0.1, -0.05) is 19.1 Å². The molecule has 5 nitrogen and oxygen atoms in total. The lowest BCUT2D eigenvalue weighted by Gasteiger charge is -2.10. The molecule has 0 aromatic heterocycles. The van der Waals surface area contributed by atoms with E-state index in [-0.39, 0.29) is 6.61 Å². The fourth-order valence-electron chi connectivity index (χ4n) is 1.32. The lowest BCUT2D eigenvalue weighted by molar-refractivity contribution is 0.0527. The molecule has 1 aromatic rings. The van der Waals surface area contributed by atoms with E-state index in [9.17, 15) is 9.59 Å². The van der Waals surface area contributed by atoms with Crippen molar-refractivity contribution in [3.05, 3.63) is 29.8 Å². The standard InChI is InChI=1S/C13H17NO4/c1-3-9-18-13(16)14-11-8-6-5-7-10(11)12(15)17-4-2/h5-8H,3-4,9H2,1-2H3,(H,14,16). The van der Waals surface area contributed by atoms with Crippen LogP contribution in [-0.4, -0.2) is 25.3 Å². The third kappa shape index (κ3) is 4.08. The molecule has 5 heteroatoms. The maximum atomic E-state index is 11.6. The number of para-hydroxylation sites is 1. The minimum Gasteiger partial charge on any atom is -0.462 e. The molecule has 0 fully saturated rings. The van der Waals surface area contributed by atoms with Gasteiger partial charge < -0.3 is 9.47 Å². The summed E-state index contributed by atoms with van der Waals surface area (Å²) in [7, 11) is 0. The van der Waals surface area contributed by atoms with Crippen LogP contribution in [-0.2, 0) is 9.47 Å². The van der Waals surface area contributed by atoms with E-state index in [1.54, 1.807) is 31.2 Å². The predicted octanol–water partition coefficient (Wildman–Crippen LogP) is 2.82. The van der Waals surface area contributed by atoms with Crippen molar-refractivity contribution < 1.29 is 19.1 Å². The Morgan fingerprint density at radius 3 is 2.56 bits per heavy atom. The first-order valence-corrected chi connectivity index (χ1v) is 5.89. The van der Waals surface area contributed by atoms with E-state index in [1.165, 1.54) is 0 Å². The van der Waals surface area contributed by atoms with Gasteiger partial charge >= 0.3 is 12.1 Å². The SMILES string of the molecule is CCCOC(=O)Nc1ccccc1C(=O)OCC. The van der Waals surface area contributed by atoms with Crippen molar-refractivity contribution in [2.24, 2.45) is 0 Å². The van der Waals surface area contributed by atoms with Gasteiger partial charge in [0.1, 0.15) is 0 Å². The Morgan fingerprint density at radius 1 is 1.17 bits per heavy atom. The minimum absolute atomic E-state index is 0.285. The number of ether oxygens (including phenoxy) is 2. The fraction of sp³-hybridized carbons (Fsp3) is 0.385. The average molecular weight is 251 g/mol. The van der Waals surface area contributed by atoms with E-state index in [0.29, 0.717) is 17.9 Å². The van der Waals surface area contributed by atoms with Crippen LogP contribution in [0.4, 0.5) is 10.5 Å².